The van der Waals surface area contributed by atoms with Gasteiger partial charge in [-0.3, -0.25) is 4.79 Å². The highest BCUT2D eigenvalue weighted by Gasteiger charge is 2.15. The molecule has 0 unspecified atom stereocenters. The summed E-state index contributed by atoms with van der Waals surface area (Å²) in [6.45, 7) is 7.00. The molecule has 0 aliphatic heterocycles. The van der Waals surface area contributed by atoms with Crippen molar-refractivity contribution in [1.29, 1.82) is 0 Å². The van der Waals surface area contributed by atoms with Crippen molar-refractivity contribution >= 4 is 5.91 Å². The van der Waals surface area contributed by atoms with Crippen molar-refractivity contribution in [2.45, 2.75) is 129 Å². The van der Waals surface area contributed by atoms with Gasteiger partial charge in [-0.25, -0.2) is 0 Å². The molecule has 0 fully saturated rings. The number of unbranched alkanes of at least 4 members (excludes halogenated alkanes) is 13. The summed E-state index contributed by atoms with van der Waals surface area (Å²) in [5.74, 6) is 0.611. The first-order valence-corrected chi connectivity index (χ1v) is 14.0. The molecule has 0 spiro atoms. The third kappa shape index (κ3) is 15.2. The number of allylic oxidation sites excluding steroid dienone is 1. The fraction of sp³-hybridized carbons (Fsp3) is 0.700. The standard InChI is InChI=1S/C30H51NO3/c1-4-6-8-10-11-12-13-14-15-16-17-18-20-29(32)26(3)31-30(33)27-21-23-28(24-22-27)34-25-19-9-7-5-2/h18,20-24,26,29,32H,4-17,19,25H2,1-3H3,(H,31,33)/b20-18+/t26-,29-/m1/s1. The van der Waals surface area contributed by atoms with Crippen molar-refractivity contribution in [3.05, 3.63) is 42.0 Å². The van der Waals surface area contributed by atoms with Gasteiger partial charge in [-0.05, 0) is 50.5 Å². The monoisotopic (exact) mass is 473 g/mol. The van der Waals surface area contributed by atoms with Crippen LogP contribution in [0.2, 0.25) is 0 Å². The van der Waals surface area contributed by atoms with Crippen LogP contribution in [0, 0.1) is 0 Å². The maximum atomic E-state index is 12.5. The second kappa shape index (κ2) is 20.6. The van der Waals surface area contributed by atoms with Crippen molar-refractivity contribution in [2.24, 2.45) is 0 Å². The third-order valence-corrected chi connectivity index (χ3v) is 6.31. The van der Waals surface area contributed by atoms with Crippen LogP contribution in [0.3, 0.4) is 0 Å². The Kier molecular flexibility index (Phi) is 18.3. The molecule has 4 nitrogen and oxygen atoms in total. The lowest BCUT2D eigenvalue weighted by molar-refractivity contribution is 0.0894. The molecule has 0 bridgehead atoms. The smallest absolute Gasteiger partial charge is 0.251 e. The zero-order valence-corrected chi connectivity index (χ0v) is 22.2. The Morgan fingerprint density at radius 2 is 1.38 bits per heavy atom. The summed E-state index contributed by atoms with van der Waals surface area (Å²) in [5.41, 5.74) is 0.576. The predicted octanol–water partition coefficient (Wildman–Crippen LogP) is 7.99. The molecule has 194 valence electrons. The van der Waals surface area contributed by atoms with Gasteiger partial charge in [-0.1, -0.05) is 103 Å². The summed E-state index contributed by atoms with van der Waals surface area (Å²) in [7, 11) is 0. The number of hydrogen-bond donors (Lipinski definition) is 2. The Labute approximate surface area is 209 Å². The van der Waals surface area contributed by atoms with Gasteiger partial charge < -0.3 is 15.2 Å². The second-order valence-electron chi connectivity index (χ2n) is 9.59. The number of amides is 1. The summed E-state index contributed by atoms with van der Waals surface area (Å²) < 4.78 is 5.74. The molecule has 1 aromatic rings. The molecule has 0 saturated carbocycles. The van der Waals surface area contributed by atoms with Gasteiger partial charge in [0.25, 0.3) is 5.91 Å². The Morgan fingerprint density at radius 3 is 1.97 bits per heavy atom. The average Bonchev–Trinajstić information content (AvgIpc) is 2.84. The molecule has 1 amide bonds. The number of ether oxygens (including phenoxy) is 1. The van der Waals surface area contributed by atoms with Crippen LogP contribution in [0.15, 0.2) is 36.4 Å². The van der Waals surface area contributed by atoms with Crippen molar-refractivity contribution in [3.8, 4) is 5.75 Å². The molecule has 0 saturated heterocycles. The number of rotatable bonds is 21. The topological polar surface area (TPSA) is 58.6 Å². The second-order valence-corrected chi connectivity index (χ2v) is 9.59. The minimum Gasteiger partial charge on any atom is -0.494 e. The van der Waals surface area contributed by atoms with E-state index >= 15 is 0 Å². The fourth-order valence-corrected chi connectivity index (χ4v) is 3.95. The number of nitrogens with one attached hydrogen (secondary N) is 1. The molecule has 0 aliphatic carbocycles. The van der Waals surface area contributed by atoms with Crippen LogP contribution in [0.1, 0.15) is 127 Å². The van der Waals surface area contributed by atoms with E-state index < -0.39 is 6.10 Å². The zero-order chi connectivity index (χ0) is 24.9. The van der Waals surface area contributed by atoms with E-state index in [0.29, 0.717) is 12.2 Å². The highest BCUT2D eigenvalue weighted by Crippen LogP contribution is 2.14. The van der Waals surface area contributed by atoms with E-state index in [2.05, 4.69) is 19.2 Å². The minimum absolute atomic E-state index is 0.177. The highest BCUT2D eigenvalue weighted by molar-refractivity contribution is 5.94. The molecule has 0 radical (unpaired) electrons. The largest absolute Gasteiger partial charge is 0.494 e. The van der Waals surface area contributed by atoms with Gasteiger partial charge in [0.1, 0.15) is 5.75 Å². The number of carbonyl (C=O) groups excluding carboxylic acids is 1. The summed E-state index contributed by atoms with van der Waals surface area (Å²) in [5, 5.41) is 13.3. The van der Waals surface area contributed by atoms with Crippen molar-refractivity contribution in [3.63, 3.8) is 0 Å². The minimum atomic E-state index is -0.683. The van der Waals surface area contributed by atoms with Gasteiger partial charge in [0.05, 0.1) is 18.8 Å². The van der Waals surface area contributed by atoms with E-state index in [0.717, 1.165) is 25.0 Å². The summed E-state index contributed by atoms with van der Waals surface area (Å²) in [4.78, 5) is 12.5. The Hall–Kier alpha value is -1.81. The lowest BCUT2D eigenvalue weighted by Crippen LogP contribution is -2.40. The van der Waals surface area contributed by atoms with Gasteiger partial charge in [0, 0.05) is 5.56 Å². The molecule has 1 aromatic carbocycles. The first-order chi connectivity index (χ1) is 16.6. The van der Waals surface area contributed by atoms with Gasteiger partial charge in [0.15, 0.2) is 0 Å². The Morgan fingerprint density at radius 1 is 0.853 bits per heavy atom. The molecule has 2 atom stereocenters. The molecule has 0 heterocycles. The fourth-order valence-electron chi connectivity index (χ4n) is 3.95. The maximum Gasteiger partial charge on any atom is 0.251 e. The summed E-state index contributed by atoms with van der Waals surface area (Å²) in [6, 6.07) is 6.88. The molecule has 1 rings (SSSR count). The van der Waals surface area contributed by atoms with Crippen LogP contribution in [0.5, 0.6) is 5.75 Å². The van der Waals surface area contributed by atoms with E-state index in [1.165, 1.54) is 77.0 Å². The number of aliphatic hydroxyl groups is 1. The molecule has 0 aliphatic rings. The van der Waals surface area contributed by atoms with Crippen LogP contribution < -0.4 is 10.1 Å². The van der Waals surface area contributed by atoms with Crippen LogP contribution in [-0.4, -0.2) is 29.8 Å². The van der Waals surface area contributed by atoms with Crippen molar-refractivity contribution < 1.29 is 14.6 Å². The van der Waals surface area contributed by atoms with Gasteiger partial charge in [-0.2, -0.15) is 0 Å². The first-order valence-electron chi connectivity index (χ1n) is 14.0. The van der Waals surface area contributed by atoms with Crippen molar-refractivity contribution in [2.75, 3.05) is 6.61 Å². The van der Waals surface area contributed by atoms with Crippen LogP contribution in [0.4, 0.5) is 0 Å². The SMILES string of the molecule is CCCCCCCCCCCC/C=C/[C@@H](O)[C@@H](C)NC(=O)c1ccc(OCCCCCC)cc1. The third-order valence-electron chi connectivity index (χ3n) is 6.31. The molecule has 2 N–H and O–H groups in total. The quantitative estimate of drug-likeness (QED) is 0.140. The highest BCUT2D eigenvalue weighted by atomic mass is 16.5. The van der Waals surface area contributed by atoms with E-state index in [1.807, 2.05) is 31.2 Å². The summed E-state index contributed by atoms with van der Waals surface area (Å²) >= 11 is 0. The van der Waals surface area contributed by atoms with E-state index in [4.69, 9.17) is 4.74 Å². The lowest BCUT2D eigenvalue weighted by atomic mass is 10.1. The normalized spacial score (nSPS) is 13.2. The Bertz CT molecular complexity index is 641. The number of carbonyl (C=O) groups is 1. The molecular weight excluding hydrogens is 422 g/mol. The number of aliphatic hydroxyl groups excluding tert-OH is 1. The number of hydrogen-bond acceptors (Lipinski definition) is 3. The molecule has 4 heteroatoms. The number of benzene rings is 1. The first kappa shape index (κ1) is 30.2. The lowest BCUT2D eigenvalue weighted by Gasteiger charge is -2.17. The molecule has 0 aromatic heterocycles. The van der Waals surface area contributed by atoms with E-state index in [9.17, 15) is 9.90 Å². The van der Waals surface area contributed by atoms with E-state index in [-0.39, 0.29) is 11.9 Å². The maximum absolute atomic E-state index is 12.5. The van der Waals surface area contributed by atoms with Crippen LogP contribution in [-0.2, 0) is 0 Å². The van der Waals surface area contributed by atoms with Crippen LogP contribution >= 0.6 is 0 Å². The van der Waals surface area contributed by atoms with Crippen molar-refractivity contribution in [1.82, 2.24) is 5.32 Å². The molecular formula is C30H51NO3. The predicted molar refractivity (Wildman–Crippen MR) is 145 cm³/mol. The average molecular weight is 474 g/mol. The van der Waals surface area contributed by atoms with E-state index in [1.54, 1.807) is 12.1 Å². The van der Waals surface area contributed by atoms with Gasteiger partial charge in [-0.15, -0.1) is 0 Å². The Balaban J connectivity index is 2.16. The van der Waals surface area contributed by atoms with Gasteiger partial charge in [0.2, 0.25) is 0 Å². The summed E-state index contributed by atoms with van der Waals surface area (Å²) in [6.07, 6.45) is 22.1. The van der Waals surface area contributed by atoms with Crippen LogP contribution in [0.25, 0.3) is 0 Å². The van der Waals surface area contributed by atoms with Gasteiger partial charge >= 0.3 is 0 Å². The zero-order valence-electron chi connectivity index (χ0n) is 22.2. The molecule has 34 heavy (non-hydrogen) atoms.